The van der Waals surface area contributed by atoms with E-state index in [1.807, 2.05) is 35.0 Å². The molecule has 9 nitrogen and oxygen atoms in total. The maximum Gasteiger partial charge on any atom is 0.336 e. The maximum atomic E-state index is 9.17. The standard InChI is InChI=1S/C24H29ClN8O/c1-31-11-4-6-19(31)16-34-24-29-23(32-12-10-27-18(15-32)8-9-26)22-28-14-20(33(22)30-24)13-17-5-2-3-7-21(17)25/h2-3,5,7,14,18-19,27H,4,6,8,10-13,15-16H2,1H3. The first kappa shape index (κ1) is 22.8. The molecule has 178 valence electrons. The van der Waals surface area contributed by atoms with Crippen LogP contribution in [0.1, 0.15) is 30.5 Å². The minimum Gasteiger partial charge on any atom is -0.461 e. The molecule has 3 aromatic rings. The van der Waals surface area contributed by atoms with Gasteiger partial charge in [0, 0.05) is 43.2 Å². The van der Waals surface area contributed by atoms with Crippen LogP contribution in [-0.4, -0.2) is 76.4 Å². The van der Waals surface area contributed by atoms with Crippen LogP contribution in [0.2, 0.25) is 5.02 Å². The van der Waals surface area contributed by atoms with Crippen LogP contribution >= 0.6 is 11.6 Å². The molecule has 0 bridgehead atoms. The molecule has 1 N–H and O–H groups in total. The van der Waals surface area contributed by atoms with Gasteiger partial charge in [0.1, 0.15) is 6.61 Å². The number of ether oxygens (including phenoxy) is 1. The Morgan fingerprint density at radius 3 is 2.97 bits per heavy atom. The molecule has 2 aliphatic rings. The molecule has 2 unspecified atom stereocenters. The molecule has 0 aliphatic carbocycles. The van der Waals surface area contributed by atoms with Crippen molar-refractivity contribution in [1.29, 1.82) is 5.26 Å². The number of nitrogens with zero attached hydrogens (tertiary/aromatic N) is 7. The van der Waals surface area contributed by atoms with Crippen molar-refractivity contribution in [1.82, 2.24) is 29.8 Å². The van der Waals surface area contributed by atoms with E-state index in [4.69, 9.17) is 31.7 Å². The van der Waals surface area contributed by atoms with E-state index in [-0.39, 0.29) is 6.04 Å². The highest BCUT2D eigenvalue weighted by Crippen LogP contribution is 2.26. The number of aromatic nitrogens is 4. The Labute approximate surface area is 204 Å². The van der Waals surface area contributed by atoms with E-state index in [1.165, 1.54) is 6.42 Å². The zero-order valence-corrected chi connectivity index (χ0v) is 20.1. The van der Waals surface area contributed by atoms with Crippen LogP contribution in [0.3, 0.4) is 0 Å². The number of nitriles is 1. The van der Waals surface area contributed by atoms with Crippen molar-refractivity contribution in [3.63, 3.8) is 0 Å². The van der Waals surface area contributed by atoms with E-state index in [2.05, 4.69) is 33.2 Å². The number of benzene rings is 1. The van der Waals surface area contributed by atoms with Crippen molar-refractivity contribution in [2.24, 2.45) is 0 Å². The zero-order valence-electron chi connectivity index (χ0n) is 19.3. The van der Waals surface area contributed by atoms with Crippen molar-refractivity contribution >= 4 is 23.1 Å². The summed E-state index contributed by atoms with van der Waals surface area (Å²) in [5.41, 5.74) is 2.61. The number of anilines is 1. The minimum absolute atomic E-state index is 0.0860. The topological polar surface area (TPSA) is 94.6 Å². The molecule has 0 radical (unpaired) electrons. The largest absolute Gasteiger partial charge is 0.461 e. The molecule has 0 saturated carbocycles. The first-order valence-corrected chi connectivity index (χ1v) is 12.2. The lowest BCUT2D eigenvalue weighted by Crippen LogP contribution is -2.51. The lowest BCUT2D eigenvalue weighted by atomic mass is 10.1. The number of imidazole rings is 1. The number of piperazine rings is 1. The summed E-state index contributed by atoms with van der Waals surface area (Å²) in [4.78, 5) is 14.0. The molecule has 5 rings (SSSR count). The fourth-order valence-electron chi connectivity index (χ4n) is 4.75. The predicted octanol–water partition coefficient (Wildman–Crippen LogP) is 2.53. The third-order valence-corrected chi connectivity index (χ3v) is 7.06. The summed E-state index contributed by atoms with van der Waals surface area (Å²) in [5, 5.41) is 18.0. The number of likely N-dealkylation sites (N-methyl/N-ethyl adjacent to an activating group) is 1. The van der Waals surface area contributed by atoms with Crippen molar-refractivity contribution in [3.05, 3.63) is 46.7 Å². The predicted molar refractivity (Wildman–Crippen MR) is 130 cm³/mol. The monoisotopic (exact) mass is 480 g/mol. The zero-order chi connectivity index (χ0) is 23.5. The van der Waals surface area contributed by atoms with Crippen LogP contribution in [0.4, 0.5) is 5.82 Å². The molecule has 0 spiro atoms. The van der Waals surface area contributed by atoms with Gasteiger partial charge in [0.05, 0.1) is 24.4 Å². The van der Waals surface area contributed by atoms with Gasteiger partial charge in [-0.25, -0.2) is 9.50 Å². The van der Waals surface area contributed by atoms with Crippen LogP contribution in [0.15, 0.2) is 30.5 Å². The summed E-state index contributed by atoms with van der Waals surface area (Å²) in [6, 6.07) is 10.9. The molecule has 2 aromatic heterocycles. The van der Waals surface area contributed by atoms with Crippen LogP contribution in [0.5, 0.6) is 6.01 Å². The van der Waals surface area contributed by atoms with E-state index < -0.39 is 0 Å². The van der Waals surface area contributed by atoms with Crippen molar-refractivity contribution < 1.29 is 4.74 Å². The van der Waals surface area contributed by atoms with E-state index >= 15 is 0 Å². The number of halogens is 1. The Balaban J connectivity index is 1.49. The van der Waals surface area contributed by atoms with E-state index in [0.717, 1.165) is 43.1 Å². The van der Waals surface area contributed by atoms with Gasteiger partial charge in [0.25, 0.3) is 0 Å². The van der Waals surface area contributed by atoms with Crippen LogP contribution in [-0.2, 0) is 6.42 Å². The maximum absolute atomic E-state index is 9.17. The number of fused-ring (bicyclic) bond motifs is 1. The molecule has 2 atom stereocenters. The van der Waals surface area contributed by atoms with Crippen LogP contribution < -0.4 is 15.0 Å². The fourth-order valence-corrected chi connectivity index (χ4v) is 4.95. The molecular weight excluding hydrogens is 452 g/mol. The quantitative estimate of drug-likeness (QED) is 0.551. The summed E-state index contributed by atoms with van der Waals surface area (Å²) in [7, 11) is 2.13. The van der Waals surface area contributed by atoms with Gasteiger partial charge < -0.3 is 19.9 Å². The van der Waals surface area contributed by atoms with Gasteiger partial charge in [-0.15, -0.1) is 5.10 Å². The Morgan fingerprint density at radius 2 is 2.18 bits per heavy atom. The molecular formula is C24H29ClN8O. The molecule has 4 heterocycles. The highest BCUT2D eigenvalue weighted by molar-refractivity contribution is 6.31. The Kier molecular flexibility index (Phi) is 6.81. The van der Waals surface area contributed by atoms with Crippen molar-refractivity contribution in [2.45, 2.75) is 37.8 Å². The van der Waals surface area contributed by atoms with E-state index in [9.17, 15) is 0 Å². The van der Waals surface area contributed by atoms with Crippen molar-refractivity contribution in [3.8, 4) is 12.1 Å². The Bertz CT molecular complexity index is 1190. The highest BCUT2D eigenvalue weighted by Gasteiger charge is 2.26. The Morgan fingerprint density at radius 1 is 1.29 bits per heavy atom. The third-order valence-electron chi connectivity index (χ3n) is 6.69. The minimum atomic E-state index is 0.0860. The molecule has 34 heavy (non-hydrogen) atoms. The number of nitrogens with one attached hydrogen (secondary N) is 1. The van der Waals surface area contributed by atoms with Crippen molar-refractivity contribution in [2.75, 3.05) is 44.7 Å². The normalized spacial score (nSPS) is 21.1. The lowest BCUT2D eigenvalue weighted by Gasteiger charge is -2.33. The number of likely N-dealkylation sites (tertiary alicyclic amines) is 1. The smallest absolute Gasteiger partial charge is 0.336 e. The molecule has 1 aromatic carbocycles. The van der Waals surface area contributed by atoms with E-state index in [0.29, 0.717) is 48.7 Å². The molecule has 2 fully saturated rings. The van der Waals surface area contributed by atoms with Crippen LogP contribution in [0.25, 0.3) is 5.65 Å². The fraction of sp³-hybridized carbons (Fsp3) is 0.500. The summed E-state index contributed by atoms with van der Waals surface area (Å²) in [5.74, 6) is 0.736. The summed E-state index contributed by atoms with van der Waals surface area (Å²) in [6.45, 7) is 3.86. The summed E-state index contributed by atoms with van der Waals surface area (Å²) >= 11 is 6.43. The average molecular weight is 481 g/mol. The van der Waals surface area contributed by atoms with Gasteiger partial charge in [-0.1, -0.05) is 29.8 Å². The number of hydrogen-bond acceptors (Lipinski definition) is 8. The SMILES string of the molecule is CN1CCCC1COc1nc(N2CCNC(CC#N)C2)c2ncc(Cc3ccccc3Cl)n2n1. The van der Waals surface area contributed by atoms with Gasteiger partial charge >= 0.3 is 6.01 Å². The summed E-state index contributed by atoms with van der Waals surface area (Å²) in [6.07, 6.45) is 5.17. The average Bonchev–Trinajstić information content (AvgIpc) is 3.45. The molecule has 10 heteroatoms. The third kappa shape index (κ3) is 4.80. The number of rotatable bonds is 7. The molecule has 2 saturated heterocycles. The second-order valence-electron chi connectivity index (χ2n) is 9.02. The highest BCUT2D eigenvalue weighted by atomic mass is 35.5. The van der Waals surface area contributed by atoms with Gasteiger partial charge in [-0.05, 0) is 38.1 Å². The molecule has 0 amide bonds. The van der Waals surface area contributed by atoms with Gasteiger partial charge in [0.2, 0.25) is 0 Å². The van der Waals surface area contributed by atoms with Gasteiger partial charge in [-0.2, -0.15) is 10.2 Å². The second-order valence-corrected chi connectivity index (χ2v) is 9.43. The first-order valence-electron chi connectivity index (χ1n) is 11.8. The number of hydrogen-bond donors (Lipinski definition) is 1. The first-order chi connectivity index (χ1) is 16.6. The lowest BCUT2D eigenvalue weighted by molar-refractivity contribution is 0.185. The summed E-state index contributed by atoms with van der Waals surface area (Å²) < 4.78 is 7.97. The Hall–Kier alpha value is -2.93. The van der Waals surface area contributed by atoms with Gasteiger partial charge in [0.15, 0.2) is 11.5 Å². The van der Waals surface area contributed by atoms with E-state index in [1.54, 1.807) is 0 Å². The van der Waals surface area contributed by atoms with Gasteiger partial charge in [-0.3, -0.25) is 0 Å². The van der Waals surface area contributed by atoms with Crippen LogP contribution in [0, 0.1) is 11.3 Å². The molecule has 2 aliphatic heterocycles. The second kappa shape index (κ2) is 10.1.